The number of esters is 2. The summed E-state index contributed by atoms with van der Waals surface area (Å²) in [4.78, 5) is 26.2. The van der Waals surface area contributed by atoms with Gasteiger partial charge in [0.2, 0.25) is 0 Å². The third-order valence-electron chi connectivity index (χ3n) is 10.6. The van der Waals surface area contributed by atoms with Crippen LogP contribution in [0.5, 0.6) is 0 Å². The molecular formula is C30H40O5S. The van der Waals surface area contributed by atoms with Crippen LogP contribution in [0.3, 0.4) is 0 Å². The highest BCUT2D eigenvalue weighted by Gasteiger charge is 2.68. The molecule has 1 aromatic carbocycles. The standard InChI is InChI=1S/C30H40O5S/c1-18-15-30-16-21(18)8-11-23(30)28(3)13-12-26(35-27(33)20-6-9-22(36-5)10-7-20)29(4,17-34-19(2)31)24(28)14-25(30)32/h6-7,9-10,21,23-26,32H,1,8,11-17H2,2-5H3/t21-,23-,24+,25-,26+,28-,29+,30+/m0/s1. The Labute approximate surface area is 219 Å². The lowest BCUT2D eigenvalue weighted by Gasteiger charge is -2.66. The molecule has 1 aromatic rings. The summed E-state index contributed by atoms with van der Waals surface area (Å²) in [5, 5.41) is 11.7. The number of rotatable bonds is 5. The molecule has 5 nitrogen and oxygen atoms in total. The zero-order chi connectivity index (χ0) is 25.9. The minimum absolute atomic E-state index is 0.0212. The quantitative estimate of drug-likeness (QED) is 0.294. The highest BCUT2D eigenvalue weighted by molar-refractivity contribution is 7.98. The number of hydrogen-bond donors (Lipinski definition) is 1. The van der Waals surface area contributed by atoms with E-state index in [4.69, 9.17) is 9.47 Å². The minimum Gasteiger partial charge on any atom is -0.465 e. The van der Waals surface area contributed by atoms with Crippen LogP contribution in [0.4, 0.5) is 0 Å². The highest BCUT2D eigenvalue weighted by atomic mass is 32.2. The number of carbonyl (C=O) groups excluding carboxylic acids is 2. The molecule has 36 heavy (non-hydrogen) atoms. The van der Waals surface area contributed by atoms with E-state index in [9.17, 15) is 14.7 Å². The van der Waals surface area contributed by atoms with Gasteiger partial charge in [-0.1, -0.05) is 26.0 Å². The summed E-state index contributed by atoms with van der Waals surface area (Å²) in [6, 6.07) is 7.48. The molecule has 0 heterocycles. The molecule has 5 rings (SSSR count). The maximum absolute atomic E-state index is 13.2. The lowest BCUT2D eigenvalue weighted by Crippen LogP contribution is -2.65. The van der Waals surface area contributed by atoms with Crippen LogP contribution >= 0.6 is 11.8 Å². The van der Waals surface area contributed by atoms with E-state index in [1.165, 1.54) is 12.5 Å². The van der Waals surface area contributed by atoms with Crippen LogP contribution in [0.25, 0.3) is 0 Å². The average Bonchev–Trinajstić information content (AvgIpc) is 3.11. The van der Waals surface area contributed by atoms with E-state index in [0.717, 1.165) is 43.4 Å². The molecule has 1 N–H and O–H groups in total. The summed E-state index contributed by atoms with van der Waals surface area (Å²) < 4.78 is 11.9. The Kier molecular flexibility index (Phi) is 6.60. The van der Waals surface area contributed by atoms with E-state index in [2.05, 4.69) is 20.4 Å². The first-order valence-electron chi connectivity index (χ1n) is 13.4. The number of ether oxygens (including phenoxy) is 2. The molecule has 1 spiro atoms. The Hall–Kier alpha value is -1.79. The smallest absolute Gasteiger partial charge is 0.338 e. The SMILES string of the molecule is C=C1C[C@@]23C[C@@H]1CC[C@H]2[C@]1(C)CC[C@@H](OC(=O)c2ccc(SC)cc2)[C@](C)(COC(C)=O)[C@@H]1C[C@@H]3O. The van der Waals surface area contributed by atoms with Gasteiger partial charge in [0, 0.05) is 22.6 Å². The fourth-order valence-corrected chi connectivity index (χ4v) is 9.26. The average molecular weight is 513 g/mol. The van der Waals surface area contributed by atoms with Gasteiger partial charge in [-0.3, -0.25) is 4.79 Å². The fourth-order valence-electron chi connectivity index (χ4n) is 8.85. The second kappa shape index (κ2) is 9.20. The predicted octanol–water partition coefficient (Wildman–Crippen LogP) is 6.05. The second-order valence-corrected chi connectivity index (χ2v) is 13.2. The Morgan fingerprint density at radius 2 is 1.86 bits per heavy atom. The number of allylic oxidation sites excluding steroid dienone is 1. The molecular weight excluding hydrogens is 472 g/mol. The van der Waals surface area contributed by atoms with Gasteiger partial charge in [0.1, 0.15) is 12.7 Å². The van der Waals surface area contributed by atoms with Gasteiger partial charge in [0.05, 0.1) is 11.7 Å². The molecule has 6 heteroatoms. The maximum atomic E-state index is 13.2. The number of carbonyl (C=O) groups is 2. The number of fused-ring (bicyclic) bond motifs is 3. The van der Waals surface area contributed by atoms with Crippen molar-refractivity contribution in [1.82, 2.24) is 0 Å². The van der Waals surface area contributed by atoms with Gasteiger partial charge < -0.3 is 14.6 Å². The number of thioether (sulfide) groups is 1. The fraction of sp³-hybridized carbons (Fsp3) is 0.667. The molecule has 4 aliphatic carbocycles. The molecule has 2 bridgehead atoms. The molecule has 0 saturated heterocycles. The topological polar surface area (TPSA) is 72.8 Å². The third-order valence-corrected chi connectivity index (χ3v) is 11.4. The minimum atomic E-state index is -0.581. The molecule has 0 amide bonds. The van der Waals surface area contributed by atoms with Crippen LogP contribution in [-0.2, 0) is 14.3 Å². The van der Waals surface area contributed by atoms with E-state index in [1.807, 2.05) is 30.5 Å². The predicted molar refractivity (Wildman–Crippen MR) is 141 cm³/mol. The van der Waals surface area contributed by atoms with Crippen LogP contribution in [0.15, 0.2) is 41.3 Å². The van der Waals surface area contributed by atoms with E-state index in [1.54, 1.807) is 11.8 Å². The van der Waals surface area contributed by atoms with Crippen molar-refractivity contribution >= 4 is 23.7 Å². The van der Waals surface area contributed by atoms with Crippen molar-refractivity contribution in [1.29, 1.82) is 0 Å². The molecule has 196 valence electrons. The zero-order valence-corrected chi connectivity index (χ0v) is 22.9. The molecule has 8 atom stereocenters. The van der Waals surface area contributed by atoms with Crippen LogP contribution in [0, 0.1) is 34.0 Å². The van der Waals surface area contributed by atoms with E-state index in [0.29, 0.717) is 23.8 Å². The van der Waals surface area contributed by atoms with Crippen molar-refractivity contribution in [2.75, 3.05) is 12.9 Å². The normalized spacial score (nSPS) is 41.2. The van der Waals surface area contributed by atoms with Crippen molar-refractivity contribution in [3.63, 3.8) is 0 Å². The van der Waals surface area contributed by atoms with Crippen LogP contribution in [0.2, 0.25) is 0 Å². The summed E-state index contributed by atoms with van der Waals surface area (Å²) >= 11 is 1.63. The molecule has 0 radical (unpaired) electrons. The van der Waals surface area contributed by atoms with Gasteiger partial charge in [0.15, 0.2) is 0 Å². The number of aliphatic hydroxyl groups excluding tert-OH is 1. The molecule has 4 saturated carbocycles. The summed E-state index contributed by atoms with van der Waals surface area (Å²) in [7, 11) is 0. The van der Waals surface area contributed by atoms with E-state index < -0.39 is 17.6 Å². The maximum Gasteiger partial charge on any atom is 0.338 e. The largest absolute Gasteiger partial charge is 0.465 e. The van der Waals surface area contributed by atoms with Crippen molar-refractivity contribution in [3.05, 3.63) is 42.0 Å². The van der Waals surface area contributed by atoms with Crippen LogP contribution in [0.1, 0.15) is 76.1 Å². The second-order valence-electron chi connectivity index (χ2n) is 12.4. The molecule has 0 aromatic heterocycles. The number of aliphatic hydroxyl groups is 1. The first-order chi connectivity index (χ1) is 17.0. The number of benzene rings is 1. The van der Waals surface area contributed by atoms with E-state index in [-0.39, 0.29) is 35.3 Å². The number of hydrogen-bond acceptors (Lipinski definition) is 6. The molecule has 4 aliphatic rings. The molecule has 4 fully saturated rings. The van der Waals surface area contributed by atoms with Crippen molar-refractivity contribution in [2.24, 2.45) is 34.0 Å². The van der Waals surface area contributed by atoms with Gasteiger partial charge in [-0.25, -0.2) is 4.79 Å². The zero-order valence-electron chi connectivity index (χ0n) is 22.0. The van der Waals surface area contributed by atoms with Gasteiger partial charge in [-0.15, -0.1) is 11.8 Å². The van der Waals surface area contributed by atoms with Gasteiger partial charge in [-0.05, 0) is 98.6 Å². The molecule has 0 aliphatic heterocycles. The molecule has 0 unspecified atom stereocenters. The van der Waals surface area contributed by atoms with Gasteiger partial charge in [-0.2, -0.15) is 0 Å². The third kappa shape index (κ3) is 3.94. The summed E-state index contributed by atoms with van der Waals surface area (Å²) in [5.74, 6) is 0.332. The van der Waals surface area contributed by atoms with E-state index >= 15 is 0 Å². The summed E-state index contributed by atoms with van der Waals surface area (Å²) in [6.45, 7) is 10.5. The Morgan fingerprint density at radius 1 is 1.14 bits per heavy atom. The highest BCUT2D eigenvalue weighted by Crippen LogP contribution is 2.72. The Balaban J connectivity index is 1.46. The van der Waals surface area contributed by atoms with Gasteiger partial charge >= 0.3 is 11.9 Å². The van der Waals surface area contributed by atoms with Crippen molar-refractivity contribution in [2.45, 2.75) is 82.8 Å². The van der Waals surface area contributed by atoms with Crippen molar-refractivity contribution in [3.8, 4) is 0 Å². The van der Waals surface area contributed by atoms with Crippen LogP contribution in [-0.4, -0.2) is 42.1 Å². The summed E-state index contributed by atoms with van der Waals surface area (Å²) in [5.41, 5.74) is 1.16. The van der Waals surface area contributed by atoms with Gasteiger partial charge in [0.25, 0.3) is 0 Å². The lowest BCUT2D eigenvalue weighted by atomic mass is 9.40. The monoisotopic (exact) mass is 512 g/mol. The Bertz CT molecular complexity index is 1050. The first kappa shape index (κ1) is 25.8. The van der Waals surface area contributed by atoms with Crippen LogP contribution < -0.4 is 0 Å². The summed E-state index contributed by atoms with van der Waals surface area (Å²) in [6.07, 6.45) is 7.72. The van der Waals surface area contributed by atoms with Crippen molar-refractivity contribution < 1.29 is 24.2 Å². The lowest BCUT2D eigenvalue weighted by molar-refractivity contribution is -0.232. The first-order valence-corrected chi connectivity index (χ1v) is 14.6. The Morgan fingerprint density at radius 3 is 2.53 bits per heavy atom.